The van der Waals surface area contributed by atoms with Gasteiger partial charge in [0.1, 0.15) is 6.61 Å². The van der Waals surface area contributed by atoms with Crippen molar-refractivity contribution >= 4 is 41.4 Å². The molecule has 0 aliphatic rings. The van der Waals surface area contributed by atoms with Crippen molar-refractivity contribution < 1.29 is 38.2 Å². The van der Waals surface area contributed by atoms with Crippen LogP contribution in [-0.2, 0) is 38.2 Å². The Bertz CT molecular complexity index is 986. The largest absolute Gasteiger partial charge is 0.462 e. The van der Waals surface area contributed by atoms with Crippen LogP contribution in [0.25, 0.3) is 0 Å². The molecule has 0 spiro atoms. The van der Waals surface area contributed by atoms with E-state index in [-0.39, 0.29) is 49.5 Å². The number of hydrogen-bond acceptors (Lipinski definition) is 9. The molecule has 12 heteroatoms. The zero-order chi connectivity index (χ0) is 41.3. The summed E-state index contributed by atoms with van der Waals surface area (Å²) >= 11 is 1.59. The summed E-state index contributed by atoms with van der Waals surface area (Å²) in [5.74, 6) is 0.454. The van der Waals surface area contributed by atoms with Gasteiger partial charge in [0.2, 0.25) is 17.7 Å². The van der Waals surface area contributed by atoms with E-state index in [4.69, 9.17) is 14.2 Å². The van der Waals surface area contributed by atoms with Crippen LogP contribution >= 0.6 is 11.8 Å². The van der Waals surface area contributed by atoms with Gasteiger partial charge in [-0.3, -0.25) is 24.0 Å². The number of unbranched alkanes of at least 4 members (excludes halogenated alkanes) is 20. The van der Waals surface area contributed by atoms with Crippen LogP contribution in [0.3, 0.4) is 0 Å². The first-order chi connectivity index (χ1) is 27.2. The molecular formula is C44H83N3O8S. The van der Waals surface area contributed by atoms with E-state index in [0.717, 1.165) is 38.5 Å². The number of thioether (sulfide) groups is 1. The van der Waals surface area contributed by atoms with E-state index < -0.39 is 6.10 Å². The number of rotatable bonds is 41. The summed E-state index contributed by atoms with van der Waals surface area (Å²) in [7, 11) is 0. The number of carbonyl (C=O) groups excluding carboxylic acids is 5. The van der Waals surface area contributed by atoms with Gasteiger partial charge in [0, 0.05) is 70.8 Å². The Labute approximate surface area is 346 Å². The van der Waals surface area contributed by atoms with Gasteiger partial charge in [-0.25, -0.2) is 0 Å². The minimum atomic E-state index is -0.698. The standard InChI is InChI=1S/C44H83N3O8S/c1-5-7-9-11-13-15-17-19-21-23-25-27-43(51)54-38-41(55-44(52)28-26-24-22-20-18-16-14-12-10-8-6-2)37-53-34-31-46-42(50)29-35-56-36-33-47(40(4)49)32-30-45-39(3)48/h41H,5-38H2,1-4H3,(H,45,48)(H,46,50). The number of ether oxygens (including phenoxy) is 3. The molecule has 1 atom stereocenters. The molecule has 3 amide bonds. The van der Waals surface area contributed by atoms with Crippen molar-refractivity contribution in [3.05, 3.63) is 0 Å². The van der Waals surface area contributed by atoms with Crippen LogP contribution in [0.2, 0.25) is 0 Å². The second-order valence-electron chi connectivity index (χ2n) is 15.1. The van der Waals surface area contributed by atoms with E-state index in [0.29, 0.717) is 56.9 Å². The maximum absolute atomic E-state index is 12.7. The Morgan fingerprint density at radius 1 is 0.554 bits per heavy atom. The lowest BCUT2D eigenvalue weighted by Gasteiger charge is -2.20. The highest BCUT2D eigenvalue weighted by Crippen LogP contribution is 2.14. The monoisotopic (exact) mass is 814 g/mol. The number of hydrogen-bond donors (Lipinski definition) is 2. The van der Waals surface area contributed by atoms with Crippen molar-refractivity contribution in [3.8, 4) is 0 Å². The molecule has 1 unspecified atom stereocenters. The summed E-state index contributed by atoms with van der Waals surface area (Å²) in [5.41, 5.74) is 0. The highest BCUT2D eigenvalue weighted by molar-refractivity contribution is 7.99. The summed E-state index contributed by atoms with van der Waals surface area (Å²) in [6, 6.07) is 0. The summed E-state index contributed by atoms with van der Waals surface area (Å²) in [5, 5.41) is 5.54. The van der Waals surface area contributed by atoms with Crippen LogP contribution < -0.4 is 10.6 Å². The second kappa shape index (κ2) is 40.8. The van der Waals surface area contributed by atoms with E-state index in [1.165, 1.54) is 117 Å². The number of amides is 3. The van der Waals surface area contributed by atoms with Crippen LogP contribution in [0.1, 0.15) is 188 Å². The highest BCUT2D eigenvalue weighted by atomic mass is 32.2. The Morgan fingerprint density at radius 2 is 1.05 bits per heavy atom. The normalized spacial score (nSPS) is 11.6. The fourth-order valence-corrected chi connectivity index (χ4v) is 7.17. The van der Waals surface area contributed by atoms with Crippen LogP contribution in [0.4, 0.5) is 0 Å². The van der Waals surface area contributed by atoms with E-state index in [9.17, 15) is 24.0 Å². The van der Waals surface area contributed by atoms with Crippen LogP contribution in [0, 0.1) is 0 Å². The lowest BCUT2D eigenvalue weighted by atomic mass is 10.1. The minimum Gasteiger partial charge on any atom is -0.462 e. The molecule has 0 saturated carbocycles. The van der Waals surface area contributed by atoms with Gasteiger partial charge < -0.3 is 29.7 Å². The first-order valence-corrected chi connectivity index (χ1v) is 23.6. The molecular weight excluding hydrogens is 731 g/mol. The first-order valence-electron chi connectivity index (χ1n) is 22.5. The Hall–Kier alpha value is -2.34. The van der Waals surface area contributed by atoms with Crippen LogP contribution in [-0.4, -0.2) is 98.2 Å². The molecule has 0 aromatic heterocycles. The van der Waals surface area contributed by atoms with Gasteiger partial charge in [-0.1, -0.05) is 142 Å². The van der Waals surface area contributed by atoms with Gasteiger partial charge in [-0.2, -0.15) is 11.8 Å². The smallest absolute Gasteiger partial charge is 0.306 e. The van der Waals surface area contributed by atoms with Crippen molar-refractivity contribution in [2.24, 2.45) is 0 Å². The Balaban J connectivity index is 4.43. The third-order valence-electron chi connectivity index (χ3n) is 9.75. The molecule has 0 aromatic carbocycles. The molecule has 0 aromatic rings. The molecule has 0 heterocycles. The van der Waals surface area contributed by atoms with E-state index in [2.05, 4.69) is 24.5 Å². The predicted molar refractivity (Wildman–Crippen MR) is 230 cm³/mol. The van der Waals surface area contributed by atoms with Crippen LogP contribution in [0.15, 0.2) is 0 Å². The fourth-order valence-electron chi connectivity index (χ4n) is 6.29. The molecule has 0 saturated heterocycles. The van der Waals surface area contributed by atoms with Gasteiger partial charge in [0.25, 0.3) is 0 Å². The number of nitrogens with one attached hydrogen (secondary N) is 2. The molecule has 0 bridgehead atoms. The first kappa shape index (κ1) is 53.7. The molecule has 0 aliphatic carbocycles. The average Bonchev–Trinajstić information content (AvgIpc) is 3.16. The highest BCUT2D eigenvalue weighted by Gasteiger charge is 2.18. The van der Waals surface area contributed by atoms with Gasteiger partial charge >= 0.3 is 11.9 Å². The molecule has 2 N–H and O–H groups in total. The summed E-state index contributed by atoms with van der Waals surface area (Å²) in [6.45, 7) is 9.44. The lowest BCUT2D eigenvalue weighted by molar-refractivity contribution is -0.162. The summed E-state index contributed by atoms with van der Waals surface area (Å²) in [4.78, 5) is 62.1. The van der Waals surface area contributed by atoms with E-state index >= 15 is 0 Å². The van der Waals surface area contributed by atoms with Crippen molar-refractivity contribution in [2.45, 2.75) is 194 Å². The zero-order valence-corrected chi connectivity index (χ0v) is 37.1. The fraction of sp³-hybridized carbons (Fsp3) is 0.886. The average molecular weight is 814 g/mol. The topological polar surface area (TPSA) is 140 Å². The molecule has 56 heavy (non-hydrogen) atoms. The maximum Gasteiger partial charge on any atom is 0.306 e. The van der Waals surface area contributed by atoms with Crippen molar-refractivity contribution in [2.75, 3.05) is 57.5 Å². The quantitative estimate of drug-likeness (QED) is 0.0457. The van der Waals surface area contributed by atoms with E-state index in [1.807, 2.05) is 0 Å². The Kier molecular flexibility index (Phi) is 39.1. The summed E-state index contributed by atoms with van der Waals surface area (Å²) in [6.07, 6.45) is 26.9. The second-order valence-corrected chi connectivity index (χ2v) is 16.4. The summed E-state index contributed by atoms with van der Waals surface area (Å²) < 4.78 is 17.0. The van der Waals surface area contributed by atoms with Gasteiger partial charge in [0.05, 0.1) is 13.2 Å². The van der Waals surface area contributed by atoms with Gasteiger partial charge in [0.15, 0.2) is 6.10 Å². The SMILES string of the molecule is CCCCCCCCCCCCCC(=O)OCC(COCCNC(=O)CCSCCN(CCNC(C)=O)C(C)=O)OC(=O)CCCCCCCCCCCCC. The zero-order valence-electron chi connectivity index (χ0n) is 36.2. The molecule has 328 valence electrons. The van der Waals surface area contributed by atoms with Crippen molar-refractivity contribution in [1.82, 2.24) is 15.5 Å². The van der Waals surface area contributed by atoms with Crippen LogP contribution in [0.5, 0.6) is 0 Å². The third kappa shape index (κ3) is 38.5. The van der Waals surface area contributed by atoms with Crippen molar-refractivity contribution in [3.63, 3.8) is 0 Å². The molecule has 0 fully saturated rings. The third-order valence-corrected chi connectivity index (χ3v) is 10.7. The molecule has 11 nitrogen and oxygen atoms in total. The molecule has 0 aliphatic heterocycles. The number of esters is 2. The van der Waals surface area contributed by atoms with Gasteiger partial charge in [-0.15, -0.1) is 0 Å². The molecule has 0 radical (unpaired) electrons. The predicted octanol–water partition coefficient (Wildman–Crippen LogP) is 9.08. The Morgan fingerprint density at radius 3 is 1.55 bits per heavy atom. The number of carbonyl (C=O) groups is 5. The van der Waals surface area contributed by atoms with Gasteiger partial charge in [-0.05, 0) is 12.8 Å². The number of nitrogens with zero attached hydrogens (tertiary/aromatic N) is 1. The maximum atomic E-state index is 12.7. The van der Waals surface area contributed by atoms with E-state index in [1.54, 1.807) is 16.7 Å². The van der Waals surface area contributed by atoms with Crippen molar-refractivity contribution in [1.29, 1.82) is 0 Å². The minimum absolute atomic E-state index is 0.0429. The molecule has 0 rings (SSSR count). The lowest BCUT2D eigenvalue weighted by Crippen LogP contribution is -2.38.